The highest BCUT2D eigenvalue weighted by Crippen LogP contribution is 2.65. The van der Waals surface area contributed by atoms with E-state index in [1.165, 1.54) is 4.90 Å². The molecule has 12 heteroatoms. The summed E-state index contributed by atoms with van der Waals surface area (Å²) in [5, 5.41) is 5.32. The van der Waals surface area contributed by atoms with E-state index in [0.29, 0.717) is 6.42 Å². The number of nitrogens with zero attached hydrogens (tertiary/aromatic N) is 1. The monoisotopic (exact) mass is 568 g/mol. The SMILES string of the molecule is CC(C)(C)OC(=O)N[C@H](C(=O)N1C[C@H]2[C@@H]([C@H]1C(=O)N[C@H](CC1CC1)C(=O)C(N)=O)C2(C)C)C1CCC(F)(F)CC1. The number of nitrogens with one attached hydrogen (secondary N) is 2. The topological polar surface area (TPSA) is 148 Å². The normalized spacial score (nSPS) is 28.6. The van der Waals surface area contributed by atoms with E-state index in [1.54, 1.807) is 20.8 Å². The Morgan fingerprint density at radius 1 is 1.02 bits per heavy atom. The molecule has 1 saturated heterocycles. The molecule has 5 atom stereocenters. The molecular formula is C28H42F2N4O6. The lowest BCUT2D eigenvalue weighted by molar-refractivity contribution is -0.145. The number of nitrogens with two attached hydrogens (primary N) is 1. The molecule has 0 aromatic carbocycles. The molecule has 0 radical (unpaired) electrons. The van der Waals surface area contributed by atoms with Crippen LogP contribution in [-0.4, -0.2) is 70.7 Å². The number of ether oxygens (including phenoxy) is 1. The molecule has 0 bridgehead atoms. The minimum absolute atomic E-state index is 0.0128. The number of hydrogen-bond acceptors (Lipinski definition) is 6. The summed E-state index contributed by atoms with van der Waals surface area (Å²) in [4.78, 5) is 66.1. The van der Waals surface area contributed by atoms with Gasteiger partial charge >= 0.3 is 6.09 Å². The zero-order chi connectivity index (χ0) is 29.8. The van der Waals surface area contributed by atoms with Gasteiger partial charge in [-0.15, -0.1) is 0 Å². The smallest absolute Gasteiger partial charge is 0.408 e. The number of carbonyl (C=O) groups is 5. The highest BCUT2D eigenvalue weighted by atomic mass is 19.3. The Morgan fingerprint density at radius 3 is 2.15 bits per heavy atom. The molecule has 1 aliphatic heterocycles. The first-order chi connectivity index (χ1) is 18.4. The van der Waals surface area contributed by atoms with E-state index in [9.17, 15) is 32.8 Å². The zero-order valence-corrected chi connectivity index (χ0v) is 23.9. The molecule has 4 fully saturated rings. The molecular weight excluding hydrogens is 526 g/mol. The predicted molar refractivity (Wildman–Crippen MR) is 140 cm³/mol. The third-order valence-corrected chi connectivity index (χ3v) is 9.07. The van der Waals surface area contributed by atoms with Crippen molar-refractivity contribution in [3.8, 4) is 0 Å². The van der Waals surface area contributed by atoms with Crippen LogP contribution in [0.1, 0.15) is 79.6 Å². The van der Waals surface area contributed by atoms with Crippen LogP contribution in [-0.2, 0) is 23.9 Å². The fourth-order valence-corrected chi connectivity index (χ4v) is 6.55. The summed E-state index contributed by atoms with van der Waals surface area (Å²) >= 11 is 0. The Bertz CT molecular complexity index is 1060. The maximum atomic E-state index is 14.1. The summed E-state index contributed by atoms with van der Waals surface area (Å²) in [6.07, 6.45) is 0.480. The summed E-state index contributed by atoms with van der Waals surface area (Å²) in [5.41, 5.74) is 4.16. The van der Waals surface area contributed by atoms with Crippen molar-refractivity contribution in [1.82, 2.24) is 15.5 Å². The number of halogens is 2. The van der Waals surface area contributed by atoms with Crippen molar-refractivity contribution in [2.45, 2.75) is 109 Å². The first kappa shape index (κ1) is 30.2. The second-order valence-corrected chi connectivity index (χ2v) is 13.7. The van der Waals surface area contributed by atoms with Crippen molar-refractivity contribution in [1.29, 1.82) is 0 Å². The first-order valence-corrected chi connectivity index (χ1v) is 14.2. The average Bonchev–Trinajstić information content (AvgIpc) is 3.67. The lowest BCUT2D eigenvalue weighted by Crippen LogP contribution is -2.60. The van der Waals surface area contributed by atoms with Crippen molar-refractivity contribution >= 4 is 29.6 Å². The Kier molecular flexibility index (Phi) is 7.96. The van der Waals surface area contributed by atoms with Gasteiger partial charge in [0.1, 0.15) is 17.7 Å². The van der Waals surface area contributed by atoms with Crippen molar-refractivity contribution in [3.63, 3.8) is 0 Å². The minimum Gasteiger partial charge on any atom is -0.444 e. The van der Waals surface area contributed by atoms with Crippen molar-refractivity contribution < 1.29 is 37.5 Å². The number of carbonyl (C=O) groups excluding carboxylic acids is 5. The van der Waals surface area contributed by atoms with E-state index in [4.69, 9.17) is 10.5 Å². The van der Waals surface area contributed by atoms with Gasteiger partial charge in [-0.2, -0.15) is 0 Å². The second-order valence-electron chi connectivity index (χ2n) is 13.7. The number of alkyl carbamates (subject to hydrolysis) is 1. The number of Topliss-reactive ketones (excluding diaryl/α,β-unsaturated/α-hetero) is 1. The number of fused-ring (bicyclic) bond motifs is 1. The van der Waals surface area contributed by atoms with Gasteiger partial charge in [0.15, 0.2) is 0 Å². The number of likely N-dealkylation sites (tertiary alicyclic amines) is 1. The minimum atomic E-state index is -2.83. The van der Waals surface area contributed by atoms with Gasteiger partial charge in [-0.25, -0.2) is 13.6 Å². The molecule has 10 nitrogen and oxygen atoms in total. The van der Waals surface area contributed by atoms with Crippen LogP contribution in [0.4, 0.5) is 13.6 Å². The van der Waals surface area contributed by atoms with Crippen LogP contribution in [0.15, 0.2) is 0 Å². The third kappa shape index (κ3) is 6.57. The summed E-state index contributed by atoms with van der Waals surface area (Å²) < 4.78 is 33.3. The maximum Gasteiger partial charge on any atom is 0.408 e. The molecule has 1 heterocycles. The zero-order valence-electron chi connectivity index (χ0n) is 23.9. The second kappa shape index (κ2) is 10.6. The number of ketones is 1. The van der Waals surface area contributed by atoms with Crippen molar-refractivity contribution in [2.24, 2.45) is 34.8 Å². The quantitative estimate of drug-likeness (QED) is 0.364. The highest BCUT2D eigenvalue weighted by Gasteiger charge is 2.70. The summed E-state index contributed by atoms with van der Waals surface area (Å²) in [6, 6.07) is -3.18. The van der Waals surface area contributed by atoms with Gasteiger partial charge < -0.3 is 26.0 Å². The average molecular weight is 569 g/mol. The van der Waals surface area contributed by atoms with Gasteiger partial charge in [0, 0.05) is 19.4 Å². The third-order valence-electron chi connectivity index (χ3n) is 9.07. The lowest BCUT2D eigenvalue weighted by atomic mass is 9.81. The van der Waals surface area contributed by atoms with Crippen LogP contribution in [0.25, 0.3) is 0 Å². The van der Waals surface area contributed by atoms with Crippen LogP contribution in [0.3, 0.4) is 0 Å². The van der Waals surface area contributed by atoms with Gasteiger partial charge in [0.05, 0.1) is 6.04 Å². The number of rotatable bonds is 9. The van der Waals surface area contributed by atoms with E-state index in [1.807, 2.05) is 13.8 Å². The number of hydrogen-bond donors (Lipinski definition) is 3. The molecule has 40 heavy (non-hydrogen) atoms. The molecule has 224 valence electrons. The van der Waals surface area contributed by atoms with Gasteiger partial charge in [0.2, 0.25) is 23.5 Å². The molecule has 0 aromatic rings. The van der Waals surface area contributed by atoms with Crippen LogP contribution >= 0.6 is 0 Å². The molecule has 0 aromatic heterocycles. The van der Waals surface area contributed by atoms with Gasteiger partial charge in [-0.3, -0.25) is 19.2 Å². The van der Waals surface area contributed by atoms with Crippen molar-refractivity contribution in [3.05, 3.63) is 0 Å². The number of piperidine rings is 1. The van der Waals surface area contributed by atoms with E-state index in [0.717, 1.165) is 12.8 Å². The van der Waals surface area contributed by atoms with E-state index in [2.05, 4.69) is 10.6 Å². The van der Waals surface area contributed by atoms with Crippen LogP contribution in [0.2, 0.25) is 0 Å². The molecule has 4 N–H and O–H groups in total. The molecule has 3 aliphatic carbocycles. The Hall–Kier alpha value is -2.79. The summed E-state index contributed by atoms with van der Waals surface area (Å²) in [7, 11) is 0. The van der Waals surface area contributed by atoms with Crippen molar-refractivity contribution in [2.75, 3.05) is 6.54 Å². The fraction of sp³-hybridized carbons (Fsp3) is 0.821. The van der Waals surface area contributed by atoms with Crippen LogP contribution in [0, 0.1) is 29.1 Å². The van der Waals surface area contributed by atoms with Gasteiger partial charge in [0.25, 0.3) is 5.91 Å². The first-order valence-electron chi connectivity index (χ1n) is 14.2. The molecule has 0 spiro atoms. The van der Waals surface area contributed by atoms with Crippen LogP contribution < -0.4 is 16.4 Å². The number of amides is 4. The lowest BCUT2D eigenvalue weighted by Gasteiger charge is -2.38. The molecule has 4 aliphatic rings. The van der Waals surface area contributed by atoms with Gasteiger partial charge in [-0.05, 0) is 69.1 Å². The largest absolute Gasteiger partial charge is 0.444 e. The number of alkyl halides is 2. The van der Waals surface area contributed by atoms with E-state index in [-0.39, 0.29) is 42.6 Å². The fourth-order valence-electron chi connectivity index (χ4n) is 6.55. The number of primary amides is 1. The predicted octanol–water partition coefficient (Wildman–Crippen LogP) is 2.53. The molecule has 0 unspecified atom stereocenters. The summed E-state index contributed by atoms with van der Waals surface area (Å²) in [5.74, 6) is -6.47. The molecule has 4 amide bonds. The van der Waals surface area contributed by atoms with Gasteiger partial charge in [-0.1, -0.05) is 26.7 Å². The van der Waals surface area contributed by atoms with Crippen LogP contribution in [0.5, 0.6) is 0 Å². The molecule has 3 saturated carbocycles. The Balaban J connectivity index is 1.57. The molecule has 4 rings (SSSR count). The standard InChI is InChI=1S/C28H42F2N4O6/c1-26(2,3)40-25(39)33-19(15-8-10-28(29,30)11-9-15)24(38)34-13-16-18(27(16,4)5)20(34)23(37)32-17(12-14-6-7-14)21(35)22(31)36/h14-20H,6-13H2,1-5H3,(H2,31,36)(H,32,37)(H,33,39)/t16-,17+,18-,19-,20-/m0/s1. The Morgan fingerprint density at radius 2 is 1.62 bits per heavy atom. The summed E-state index contributed by atoms with van der Waals surface area (Å²) in [6.45, 7) is 9.27. The highest BCUT2D eigenvalue weighted by molar-refractivity contribution is 6.37. The van der Waals surface area contributed by atoms with E-state index >= 15 is 0 Å². The maximum absolute atomic E-state index is 14.1. The van der Waals surface area contributed by atoms with E-state index < -0.39 is 78.0 Å². The Labute approximate surface area is 233 Å².